The van der Waals surface area contributed by atoms with E-state index in [4.69, 9.17) is 0 Å². The Labute approximate surface area is 109 Å². The van der Waals surface area contributed by atoms with Gasteiger partial charge in [-0.3, -0.25) is 4.68 Å². The summed E-state index contributed by atoms with van der Waals surface area (Å²) in [6, 6.07) is 6.56. The summed E-state index contributed by atoms with van der Waals surface area (Å²) in [5, 5.41) is 5.19. The molecule has 0 amide bonds. The molecule has 4 heteroatoms. The van der Waals surface area contributed by atoms with Gasteiger partial charge in [-0.2, -0.15) is 5.10 Å². The molecule has 0 spiro atoms. The molecule has 0 radical (unpaired) electrons. The lowest BCUT2D eigenvalue weighted by atomic mass is 10.2. The second-order valence-electron chi connectivity index (χ2n) is 3.89. The molecule has 1 heterocycles. The average Bonchev–Trinajstić information content (AvgIpc) is 2.74. The van der Waals surface area contributed by atoms with Gasteiger partial charge in [-0.05, 0) is 24.1 Å². The van der Waals surface area contributed by atoms with Crippen molar-refractivity contribution in [3.8, 4) is 0 Å². The molecule has 0 atom stereocenters. The van der Waals surface area contributed by atoms with Crippen molar-refractivity contribution in [2.75, 3.05) is 0 Å². The molecule has 0 bridgehead atoms. The monoisotopic (exact) mass is 296 g/mol. The lowest BCUT2D eigenvalue weighted by Gasteiger charge is -2.07. The van der Waals surface area contributed by atoms with Crippen molar-refractivity contribution in [1.29, 1.82) is 0 Å². The number of nitrogens with zero attached hydrogens (tertiary/aromatic N) is 2. The van der Waals surface area contributed by atoms with Crippen LogP contribution in [-0.2, 0) is 18.3 Å². The highest BCUT2D eigenvalue weighted by atomic mass is 79.9. The maximum absolute atomic E-state index is 12.8. The molecule has 1 aromatic carbocycles. The fourth-order valence-corrected chi connectivity index (χ4v) is 2.34. The van der Waals surface area contributed by atoms with Gasteiger partial charge in [0.15, 0.2) is 0 Å². The molecule has 2 rings (SSSR count). The van der Waals surface area contributed by atoms with Crippen molar-refractivity contribution in [2.45, 2.75) is 25.2 Å². The van der Waals surface area contributed by atoms with E-state index in [9.17, 15) is 4.39 Å². The summed E-state index contributed by atoms with van der Waals surface area (Å²) >= 11 is 3.45. The molecule has 0 aliphatic carbocycles. The summed E-state index contributed by atoms with van der Waals surface area (Å²) in [5.41, 5.74) is 3.51. The third-order valence-corrected chi connectivity index (χ3v) is 3.36. The predicted octanol–water partition coefficient (Wildman–Crippen LogP) is 3.53. The minimum atomic E-state index is -0.203. The average molecular weight is 297 g/mol. The Morgan fingerprint density at radius 1 is 1.29 bits per heavy atom. The highest BCUT2D eigenvalue weighted by Crippen LogP contribution is 2.15. The van der Waals surface area contributed by atoms with Gasteiger partial charge in [-0.15, -0.1) is 0 Å². The molecule has 0 saturated heterocycles. The minimum Gasteiger partial charge on any atom is -0.265 e. The maximum Gasteiger partial charge on any atom is 0.123 e. The van der Waals surface area contributed by atoms with Gasteiger partial charge in [0, 0.05) is 16.6 Å². The van der Waals surface area contributed by atoms with E-state index < -0.39 is 0 Å². The molecule has 0 unspecified atom stereocenters. The van der Waals surface area contributed by atoms with Crippen LogP contribution in [0.2, 0.25) is 0 Å². The van der Waals surface area contributed by atoms with E-state index in [1.807, 2.05) is 10.9 Å². The van der Waals surface area contributed by atoms with Crippen molar-refractivity contribution in [3.63, 3.8) is 0 Å². The summed E-state index contributed by atoms with van der Waals surface area (Å²) in [6.45, 7) is 2.81. The molecule has 17 heavy (non-hydrogen) atoms. The number of hydrogen-bond donors (Lipinski definition) is 0. The van der Waals surface area contributed by atoms with Crippen molar-refractivity contribution in [3.05, 3.63) is 53.1 Å². The first-order valence-corrected chi connectivity index (χ1v) is 6.70. The van der Waals surface area contributed by atoms with Gasteiger partial charge >= 0.3 is 0 Å². The van der Waals surface area contributed by atoms with Gasteiger partial charge in [0.05, 0.1) is 12.7 Å². The molecule has 2 aromatic rings. The Hall–Kier alpha value is -1.16. The third-order valence-electron chi connectivity index (χ3n) is 2.76. The van der Waals surface area contributed by atoms with Gasteiger partial charge in [-0.1, -0.05) is 35.0 Å². The smallest absolute Gasteiger partial charge is 0.123 e. The van der Waals surface area contributed by atoms with Crippen LogP contribution in [-0.4, -0.2) is 9.78 Å². The molecule has 90 valence electrons. The van der Waals surface area contributed by atoms with Crippen LogP contribution in [0.1, 0.15) is 23.7 Å². The Morgan fingerprint density at radius 2 is 2.00 bits per heavy atom. The normalized spacial score (nSPS) is 10.8. The fourth-order valence-electron chi connectivity index (χ4n) is 1.87. The Balaban J connectivity index is 2.23. The van der Waals surface area contributed by atoms with Gasteiger partial charge in [0.1, 0.15) is 5.82 Å². The first-order chi connectivity index (χ1) is 8.24. The standard InChI is InChI=1S/C13H14BrFN2/c1-2-13-11(7-14)8-16-17(13)9-10-3-5-12(15)6-4-10/h3-6,8H,2,7,9H2,1H3. The van der Waals surface area contributed by atoms with E-state index >= 15 is 0 Å². The van der Waals surface area contributed by atoms with Crippen molar-refractivity contribution >= 4 is 15.9 Å². The summed E-state index contributed by atoms with van der Waals surface area (Å²) in [6.07, 6.45) is 2.83. The SMILES string of the molecule is CCc1c(CBr)cnn1Cc1ccc(F)cc1. The third kappa shape index (κ3) is 2.75. The minimum absolute atomic E-state index is 0.203. The molecule has 2 nitrogen and oxygen atoms in total. The van der Waals surface area contributed by atoms with Crippen molar-refractivity contribution in [2.24, 2.45) is 0 Å². The topological polar surface area (TPSA) is 17.8 Å². The maximum atomic E-state index is 12.8. The highest BCUT2D eigenvalue weighted by Gasteiger charge is 2.08. The van der Waals surface area contributed by atoms with E-state index in [1.54, 1.807) is 12.1 Å². The molecule has 0 aliphatic heterocycles. The molecular formula is C13H14BrFN2. The second kappa shape index (κ2) is 5.45. The lowest BCUT2D eigenvalue weighted by molar-refractivity contribution is 0.621. The lowest BCUT2D eigenvalue weighted by Crippen LogP contribution is -2.06. The Kier molecular flexibility index (Phi) is 3.94. The van der Waals surface area contributed by atoms with Crippen LogP contribution in [0.25, 0.3) is 0 Å². The zero-order chi connectivity index (χ0) is 12.3. The fraction of sp³-hybridized carbons (Fsp3) is 0.308. The number of hydrogen-bond acceptors (Lipinski definition) is 1. The van der Waals surface area contributed by atoms with Gasteiger partial charge in [-0.25, -0.2) is 4.39 Å². The summed E-state index contributed by atoms with van der Waals surface area (Å²) in [5.74, 6) is -0.203. The second-order valence-corrected chi connectivity index (χ2v) is 4.45. The number of halogens is 2. The number of rotatable bonds is 4. The van der Waals surface area contributed by atoms with Crippen LogP contribution in [0, 0.1) is 5.82 Å². The van der Waals surface area contributed by atoms with E-state index in [-0.39, 0.29) is 5.82 Å². The quantitative estimate of drug-likeness (QED) is 0.789. The van der Waals surface area contributed by atoms with E-state index in [2.05, 4.69) is 28.0 Å². The molecular weight excluding hydrogens is 283 g/mol. The van der Waals surface area contributed by atoms with Gasteiger partial charge in [0.2, 0.25) is 0 Å². The van der Waals surface area contributed by atoms with E-state index in [0.717, 1.165) is 17.3 Å². The van der Waals surface area contributed by atoms with Crippen LogP contribution < -0.4 is 0 Å². The number of benzene rings is 1. The van der Waals surface area contributed by atoms with Crippen molar-refractivity contribution < 1.29 is 4.39 Å². The van der Waals surface area contributed by atoms with E-state index in [1.165, 1.54) is 23.4 Å². The molecule has 0 saturated carbocycles. The van der Waals surface area contributed by atoms with Crippen molar-refractivity contribution in [1.82, 2.24) is 9.78 Å². The number of aromatic nitrogens is 2. The number of alkyl halides is 1. The molecule has 0 fully saturated rings. The van der Waals surface area contributed by atoms with Crippen LogP contribution in [0.15, 0.2) is 30.5 Å². The summed E-state index contributed by atoms with van der Waals surface area (Å²) in [4.78, 5) is 0. The first-order valence-electron chi connectivity index (χ1n) is 5.58. The molecule has 1 aromatic heterocycles. The molecule has 0 aliphatic rings. The van der Waals surface area contributed by atoms with Crippen LogP contribution in [0.5, 0.6) is 0 Å². The van der Waals surface area contributed by atoms with Gasteiger partial charge in [0.25, 0.3) is 0 Å². The first kappa shape index (κ1) is 12.3. The largest absolute Gasteiger partial charge is 0.265 e. The zero-order valence-corrected chi connectivity index (χ0v) is 11.2. The Morgan fingerprint density at radius 3 is 2.59 bits per heavy atom. The van der Waals surface area contributed by atoms with Crippen LogP contribution >= 0.6 is 15.9 Å². The molecule has 0 N–H and O–H groups in total. The van der Waals surface area contributed by atoms with Crippen LogP contribution in [0.4, 0.5) is 4.39 Å². The predicted molar refractivity (Wildman–Crippen MR) is 69.7 cm³/mol. The summed E-state index contributed by atoms with van der Waals surface area (Å²) < 4.78 is 14.8. The summed E-state index contributed by atoms with van der Waals surface area (Å²) in [7, 11) is 0. The van der Waals surface area contributed by atoms with Crippen LogP contribution in [0.3, 0.4) is 0 Å². The van der Waals surface area contributed by atoms with Gasteiger partial charge < -0.3 is 0 Å². The highest BCUT2D eigenvalue weighted by molar-refractivity contribution is 9.08. The zero-order valence-electron chi connectivity index (χ0n) is 9.66. The van der Waals surface area contributed by atoms with E-state index in [0.29, 0.717) is 6.54 Å². The Bertz CT molecular complexity index is 491.